The van der Waals surface area contributed by atoms with Gasteiger partial charge in [-0.2, -0.15) is 0 Å². The maximum atomic E-state index is 12.2. The van der Waals surface area contributed by atoms with Gasteiger partial charge in [0.1, 0.15) is 6.54 Å². The van der Waals surface area contributed by atoms with E-state index in [0.717, 1.165) is 26.1 Å². The lowest BCUT2D eigenvalue weighted by Gasteiger charge is -2.28. The van der Waals surface area contributed by atoms with Crippen LogP contribution < -0.4 is 10.6 Å². The van der Waals surface area contributed by atoms with E-state index in [4.69, 9.17) is 0 Å². The average molecular weight is 268 g/mol. The number of carbonyl (C=O) groups is 2. The molecular formula is C13H24N4O2. The van der Waals surface area contributed by atoms with Crippen molar-refractivity contribution in [2.24, 2.45) is 0 Å². The van der Waals surface area contributed by atoms with Crippen molar-refractivity contribution in [3.8, 4) is 0 Å². The van der Waals surface area contributed by atoms with E-state index >= 15 is 0 Å². The minimum atomic E-state index is -0.214. The molecule has 2 rings (SSSR count). The van der Waals surface area contributed by atoms with Crippen LogP contribution in [0.4, 0.5) is 4.79 Å². The topological polar surface area (TPSA) is 64.7 Å². The molecule has 3 amide bonds. The molecule has 0 spiro atoms. The Kier molecular flexibility index (Phi) is 3.99. The van der Waals surface area contributed by atoms with Crippen LogP contribution in [0.25, 0.3) is 0 Å². The number of amides is 3. The van der Waals surface area contributed by atoms with E-state index in [2.05, 4.69) is 10.6 Å². The molecule has 2 fully saturated rings. The molecule has 0 aliphatic carbocycles. The number of piperazine rings is 1. The number of carbonyl (C=O) groups excluding carboxylic acids is 2. The smallest absolute Gasteiger partial charge is 0.320 e. The van der Waals surface area contributed by atoms with Crippen molar-refractivity contribution in [1.29, 1.82) is 0 Å². The van der Waals surface area contributed by atoms with Crippen LogP contribution in [0.3, 0.4) is 0 Å². The average Bonchev–Trinajstić information content (AvgIpc) is 2.66. The lowest BCUT2D eigenvalue weighted by Crippen LogP contribution is -2.50. The standard InChI is InChI=1S/C13H24N4O2/c1-4-13(2,3)15-11(18)9-16-8-10-7-14-5-6-17(10)12(16)19/h10,14H,4-9H2,1-3H3,(H,15,18). The zero-order chi connectivity index (χ0) is 14.0. The molecule has 0 aromatic rings. The van der Waals surface area contributed by atoms with Crippen molar-refractivity contribution in [3.05, 3.63) is 0 Å². The van der Waals surface area contributed by atoms with Crippen molar-refractivity contribution in [3.63, 3.8) is 0 Å². The molecule has 0 bridgehead atoms. The Balaban J connectivity index is 1.89. The van der Waals surface area contributed by atoms with E-state index in [0.29, 0.717) is 6.54 Å². The first kappa shape index (κ1) is 14.1. The monoisotopic (exact) mass is 268 g/mol. The summed E-state index contributed by atoms with van der Waals surface area (Å²) in [5.41, 5.74) is -0.214. The van der Waals surface area contributed by atoms with Gasteiger partial charge in [0.05, 0.1) is 6.04 Å². The molecule has 2 saturated heterocycles. The summed E-state index contributed by atoms with van der Waals surface area (Å²) in [4.78, 5) is 27.7. The van der Waals surface area contributed by atoms with E-state index in [1.807, 2.05) is 25.7 Å². The molecule has 2 heterocycles. The zero-order valence-corrected chi connectivity index (χ0v) is 12.0. The second-order valence-corrected chi connectivity index (χ2v) is 6.00. The maximum absolute atomic E-state index is 12.2. The highest BCUT2D eigenvalue weighted by Crippen LogP contribution is 2.17. The summed E-state index contributed by atoms with van der Waals surface area (Å²) in [6, 6.07) is 0.212. The fraction of sp³-hybridized carbons (Fsp3) is 0.846. The third-order valence-corrected chi connectivity index (χ3v) is 3.99. The molecule has 0 aromatic heterocycles. The third kappa shape index (κ3) is 3.18. The number of fused-ring (bicyclic) bond motifs is 1. The lowest BCUT2D eigenvalue weighted by atomic mass is 10.0. The number of nitrogens with zero attached hydrogens (tertiary/aromatic N) is 2. The number of urea groups is 1. The van der Waals surface area contributed by atoms with Gasteiger partial charge < -0.3 is 20.4 Å². The molecule has 108 valence electrons. The van der Waals surface area contributed by atoms with Crippen molar-refractivity contribution >= 4 is 11.9 Å². The first-order valence-electron chi connectivity index (χ1n) is 7.00. The van der Waals surface area contributed by atoms with Crippen LogP contribution in [0, 0.1) is 0 Å². The van der Waals surface area contributed by atoms with Crippen molar-refractivity contribution in [1.82, 2.24) is 20.4 Å². The molecule has 6 nitrogen and oxygen atoms in total. The van der Waals surface area contributed by atoms with Crippen LogP contribution in [-0.4, -0.2) is 66.0 Å². The highest BCUT2D eigenvalue weighted by Gasteiger charge is 2.39. The Morgan fingerprint density at radius 2 is 2.26 bits per heavy atom. The molecule has 2 aliphatic heterocycles. The quantitative estimate of drug-likeness (QED) is 0.754. The second-order valence-electron chi connectivity index (χ2n) is 6.00. The molecule has 0 aromatic carbocycles. The SMILES string of the molecule is CCC(C)(C)NC(=O)CN1CC2CNCCN2C1=O. The fourth-order valence-corrected chi connectivity index (χ4v) is 2.50. The highest BCUT2D eigenvalue weighted by molar-refractivity contribution is 5.85. The van der Waals surface area contributed by atoms with Gasteiger partial charge in [0.25, 0.3) is 0 Å². The summed E-state index contributed by atoms with van der Waals surface area (Å²) in [6.07, 6.45) is 0.866. The highest BCUT2D eigenvalue weighted by atomic mass is 16.2. The van der Waals surface area contributed by atoms with E-state index < -0.39 is 0 Å². The van der Waals surface area contributed by atoms with Crippen LogP contribution in [0.1, 0.15) is 27.2 Å². The molecular weight excluding hydrogens is 244 g/mol. The first-order chi connectivity index (χ1) is 8.93. The molecule has 6 heteroatoms. The summed E-state index contributed by atoms with van der Waals surface area (Å²) in [5, 5.41) is 6.24. The Bertz CT molecular complexity index is 370. The van der Waals surface area contributed by atoms with Gasteiger partial charge in [0.2, 0.25) is 5.91 Å². The molecule has 1 unspecified atom stereocenters. The van der Waals surface area contributed by atoms with Crippen molar-refractivity contribution in [2.45, 2.75) is 38.8 Å². The Morgan fingerprint density at radius 1 is 1.53 bits per heavy atom. The minimum absolute atomic E-state index is 0.00375. The molecule has 19 heavy (non-hydrogen) atoms. The Labute approximate surface area is 114 Å². The van der Waals surface area contributed by atoms with Gasteiger partial charge in [-0.1, -0.05) is 6.92 Å². The number of hydrogen-bond donors (Lipinski definition) is 2. The third-order valence-electron chi connectivity index (χ3n) is 3.99. The van der Waals surface area contributed by atoms with E-state index in [1.165, 1.54) is 0 Å². The van der Waals surface area contributed by atoms with E-state index in [1.54, 1.807) is 4.90 Å². The van der Waals surface area contributed by atoms with Crippen molar-refractivity contribution in [2.75, 3.05) is 32.7 Å². The summed E-state index contributed by atoms with van der Waals surface area (Å²) in [5.74, 6) is -0.0759. The van der Waals surface area contributed by atoms with Crippen molar-refractivity contribution < 1.29 is 9.59 Å². The van der Waals surface area contributed by atoms with Gasteiger partial charge in [-0.05, 0) is 20.3 Å². The molecule has 1 atom stereocenters. The Morgan fingerprint density at radius 3 is 2.89 bits per heavy atom. The van der Waals surface area contributed by atoms with E-state index in [-0.39, 0.29) is 30.1 Å². The van der Waals surface area contributed by atoms with Crippen LogP contribution in [0.2, 0.25) is 0 Å². The van der Waals surface area contributed by atoms with Crippen LogP contribution in [0.15, 0.2) is 0 Å². The van der Waals surface area contributed by atoms with Crippen LogP contribution in [0.5, 0.6) is 0 Å². The Hall–Kier alpha value is -1.30. The van der Waals surface area contributed by atoms with Crippen LogP contribution in [-0.2, 0) is 4.79 Å². The van der Waals surface area contributed by atoms with Gasteiger partial charge in [0.15, 0.2) is 0 Å². The molecule has 2 aliphatic rings. The summed E-state index contributed by atoms with van der Waals surface area (Å²) < 4.78 is 0. The first-order valence-corrected chi connectivity index (χ1v) is 7.00. The second kappa shape index (κ2) is 5.36. The predicted molar refractivity (Wildman–Crippen MR) is 72.8 cm³/mol. The summed E-state index contributed by atoms with van der Waals surface area (Å²) >= 11 is 0. The number of hydrogen-bond acceptors (Lipinski definition) is 3. The predicted octanol–water partition coefficient (Wildman–Crippen LogP) is 0.000600. The van der Waals surface area contributed by atoms with Gasteiger partial charge in [-0.3, -0.25) is 4.79 Å². The maximum Gasteiger partial charge on any atom is 0.320 e. The van der Waals surface area contributed by atoms with Gasteiger partial charge >= 0.3 is 6.03 Å². The largest absolute Gasteiger partial charge is 0.350 e. The number of rotatable bonds is 4. The molecule has 0 radical (unpaired) electrons. The van der Waals surface area contributed by atoms with Gasteiger partial charge in [-0.15, -0.1) is 0 Å². The summed E-state index contributed by atoms with van der Waals surface area (Å²) in [6.45, 7) is 9.22. The molecule has 0 saturated carbocycles. The summed E-state index contributed by atoms with van der Waals surface area (Å²) in [7, 11) is 0. The normalized spacial score (nSPS) is 23.5. The van der Waals surface area contributed by atoms with Crippen LogP contribution >= 0.6 is 0 Å². The van der Waals surface area contributed by atoms with Gasteiger partial charge in [-0.25, -0.2) is 4.79 Å². The number of nitrogens with one attached hydrogen (secondary N) is 2. The van der Waals surface area contributed by atoms with Gasteiger partial charge in [0, 0.05) is 31.7 Å². The minimum Gasteiger partial charge on any atom is -0.350 e. The fourth-order valence-electron chi connectivity index (χ4n) is 2.50. The lowest BCUT2D eigenvalue weighted by molar-refractivity contribution is -0.123. The molecule has 2 N–H and O–H groups in total. The zero-order valence-electron chi connectivity index (χ0n) is 12.0. The van der Waals surface area contributed by atoms with E-state index in [9.17, 15) is 9.59 Å².